The van der Waals surface area contributed by atoms with E-state index < -0.39 is 12.1 Å². The molecule has 27 heavy (non-hydrogen) atoms. The average Bonchev–Trinajstić information content (AvgIpc) is 3.16. The molecule has 3 rings (SSSR count). The number of aliphatic imine (C=N–C) groups is 1. The van der Waals surface area contributed by atoms with E-state index >= 15 is 0 Å². The molecule has 3 amide bonds. The fourth-order valence-corrected chi connectivity index (χ4v) is 3.34. The molecule has 9 nitrogen and oxygen atoms in total. The van der Waals surface area contributed by atoms with Gasteiger partial charge in [-0.1, -0.05) is 17.6 Å². The molecule has 1 fully saturated rings. The summed E-state index contributed by atoms with van der Waals surface area (Å²) in [4.78, 5) is 33.1. The van der Waals surface area contributed by atoms with Crippen molar-refractivity contribution < 1.29 is 18.9 Å². The lowest BCUT2D eigenvalue weighted by atomic mass is 10.1. The molecule has 3 heterocycles. The summed E-state index contributed by atoms with van der Waals surface area (Å²) in [5.41, 5.74) is 1.75. The number of carbonyl (C=O) groups is 2. The summed E-state index contributed by atoms with van der Waals surface area (Å²) < 4.78 is 8.83. The van der Waals surface area contributed by atoms with Crippen LogP contribution < -0.4 is 0 Å². The number of likely N-dealkylation sites (N-methyl/N-ethyl adjacent to an activating group) is 1. The van der Waals surface area contributed by atoms with Crippen LogP contribution in [-0.2, 0) is 9.53 Å². The van der Waals surface area contributed by atoms with Crippen LogP contribution in [0, 0.1) is 13.8 Å². The van der Waals surface area contributed by atoms with Gasteiger partial charge in [0.25, 0.3) is 5.91 Å². The average molecular weight is 373 g/mol. The van der Waals surface area contributed by atoms with Crippen molar-refractivity contribution in [2.24, 2.45) is 4.99 Å². The zero-order valence-corrected chi connectivity index (χ0v) is 16.2. The maximum Gasteiger partial charge on any atom is 0.421 e. The van der Waals surface area contributed by atoms with Gasteiger partial charge >= 0.3 is 12.0 Å². The Kier molecular flexibility index (Phi) is 5.22. The maximum atomic E-state index is 13.1. The highest BCUT2D eigenvalue weighted by Crippen LogP contribution is 2.21. The third-order valence-electron chi connectivity index (χ3n) is 4.58. The number of rotatable bonds is 6. The molecule has 144 valence electrons. The van der Waals surface area contributed by atoms with Gasteiger partial charge < -0.3 is 4.74 Å². The van der Waals surface area contributed by atoms with Crippen LogP contribution in [0.3, 0.4) is 0 Å². The summed E-state index contributed by atoms with van der Waals surface area (Å²) in [6, 6.07) is 0.848. The maximum absolute atomic E-state index is 13.1. The number of hydrogen-bond acceptors (Lipinski definition) is 5. The van der Waals surface area contributed by atoms with Crippen LogP contribution in [0.5, 0.6) is 0 Å². The fraction of sp³-hybridized carbons (Fsp3) is 0.500. The molecule has 1 aromatic rings. The van der Waals surface area contributed by atoms with Gasteiger partial charge in [0.1, 0.15) is 5.69 Å². The van der Waals surface area contributed by atoms with E-state index in [4.69, 9.17) is 4.74 Å². The molecule has 0 aliphatic carbocycles. The Morgan fingerprint density at radius 1 is 1.37 bits per heavy atom. The molecule has 2 aliphatic rings. The van der Waals surface area contributed by atoms with Crippen molar-refractivity contribution in [1.29, 1.82) is 0 Å². The highest BCUT2D eigenvalue weighted by molar-refractivity contribution is 6.23. The van der Waals surface area contributed by atoms with Crippen LogP contribution in [0.4, 0.5) is 4.79 Å². The summed E-state index contributed by atoms with van der Waals surface area (Å²) >= 11 is 0. The number of imide groups is 1. The third-order valence-corrected chi connectivity index (χ3v) is 4.58. The molecular weight excluding hydrogens is 348 g/mol. The van der Waals surface area contributed by atoms with Gasteiger partial charge in [-0.2, -0.15) is 0 Å². The Labute approximate surface area is 158 Å². The lowest BCUT2D eigenvalue weighted by Crippen LogP contribution is -2.63. The van der Waals surface area contributed by atoms with Gasteiger partial charge in [0, 0.05) is 13.7 Å². The van der Waals surface area contributed by atoms with E-state index in [0.717, 1.165) is 11.4 Å². The second-order valence-electron chi connectivity index (χ2n) is 6.48. The molecule has 0 saturated carbocycles. The summed E-state index contributed by atoms with van der Waals surface area (Å²) in [5, 5.41) is 4.48. The van der Waals surface area contributed by atoms with Gasteiger partial charge in [-0.15, -0.1) is 9.78 Å². The topological polar surface area (TPSA) is 83.0 Å². The van der Waals surface area contributed by atoms with Crippen LogP contribution in [0.25, 0.3) is 0 Å². The molecule has 2 aliphatic heterocycles. The first kappa shape index (κ1) is 19.0. The van der Waals surface area contributed by atoms with Gasteiger partial charge in [0.15, 0.2) is 0 Å². The Hall–Kier alpha value is -2.81. The summed E-state index contributed by atoms with van der Waals surface area (Å²) in [6.45, 7) is 10.9. The predicted octanol–water partition coefficient (Wildman–Crippen LogP) is 0.614. The van der Waals surface area contributed by atoms with E-state index in [1.807, 2.05) is 31.4 Å². The monoisotopic (exact) mass is 373 g/mol. The van der Waals surface area contributed by atoms with Gasteiger partial charge in [-0.05, 0) is 26.8 Å². The minimum absolute atomic E-state index is 0.205. The first-order valence-electron chi connectivity index (χ1n) is 8.94. The van der Waals surface area contributed by atoms with E-state index in [-0.39, 0.29) is 12.5 Å². The molecule has 1 saturated heterocycles. The minimum atomic E-state index is -0.689. The van der Waals surface area contributed by atoms with Gasteiger partial charge in [-0.25, -0.2) is 9.37 Å². The quantitative estimate of drug-likeness (QED) is 0.416. The number of amidine groups is 1. The molecule has 0 N–H and O–H groups in total. The normalized spacial score (nSPS) is 19.7. The zero-order chi connectivity index (χ0) is 19.7. The van der Waals surface area contributed by atoms with Crippen LogP contribution >= 0.6 is 0 Å². The van der Waals surface area contributed by atoms with Crippen molar-refractivity contribution in [2.45, 2.75) is 26.8 Å². The molecular formula is C18H25N6O3+. The predicted molar refractivity (Wildman–Crippen MR) is 100 cm³/mol. The Bertz CT molecular complexity index is 853. The minimum Gasteiger partial charge on any atom is -0.380 e. The Morgan fingerprint density at radius 3 is 2.70 bits per heavy atom. The number of fused-ring (bicyclic) bond motifs is 1. The van der Waals surface area contributed by atoms with E-state index in [1.165, 1.54) is 9.80 Å². The number of aromatic nitrogens is 2. The summed E-state index contributed by atoms with van der Waals surface area (Å²) in [5.74, 6) is 0.608. The zero-order valence-electron chi connectivity index (χ0n) is 16.2. The number of nitrogens with zero attached hydrogens (tertiary/aromatic N) is 6. The smallest absolute Gasteiger partial charge is 0.380 e. The molecule has 1 aromatic heterocycles. The molecule has 0 radical (unpaired) electrons. The lowest BCUT2D eigenvalue weighted by Gasteiger charge is -2.33. The van der Waals surface area contributed by atoms with Crippen molar-refractivity contribution in [3.05, 3.63) is 30.1 Å². The van der Waals surface area contributed by atoms with Crippen LogP contribution in [0.2, 0.25) is 0 Å². The first-order chi connectivity index (χ1) is 12.9. The first-order valence-corrected chi connectivity index (χ1v) is 8.94. The SMILES string of the molecule is C=CC[N+]1=C(n2nc(C)cc2C)N=C2C1C(=O)N(CCOCC)C(=O)N2C. The van der Waals surface area contributed by atoms with E-state index in [1.54, 1.807) is 17.8 Å². The van der Waals surface area contributed by atoms with Crippen LogP contribution in [0.1, 0.15) is 18.3 Å². The number of urea groups is 1. The molecule has 0 aromatic carbocycles. The summed E-state index contributed by atoms with van der Waals surface area (Å²) in [6.07, 6.45) is 1.71. The molecule has 0 spiro atoms. The number of hydrogen-bond donors (Lipinski definition) is 0. The number of carbonyl (C=O) groups excluding carboxylic acids is 2. The van der Waals surface area contributed by atoms with Crippen LogP contribution in [0.15, 0.2) is 23.7 Å². The lowest BCUT2D eigenvalue weighted by molar-refractivity contribution is -0.527. The van der Waals surface area contributed by atoms with Crippen molar-refractivity contribution >= 4 is 23.7 Å². The highest BCUT2D eigenvalue weighted by atomic mass is 16.5. The second-order valence-corrected chi connectivity index (χ2v) is 6.48. The highest BCUT2D eigenvalue weighted by Gasteiger charge is 2.52. The fourth-order valence-electron chi connectivity index (χ4n) is 3.34. The van der Waals surface area contributed by atoms with Crippen molar-refractivity contribution in [2.75, 3.05) is 33.4 Å². The number of aryl methyl sites for hydroxylation is 2. The van der Waals surface area contributed by atoms with E-state index in [0.29, 0.717) is 31.6 Å². The van der Waals surface area contributed by atoms with Gasteiger partial charge in [0.05, 0.1) is 25.4 Å². The molecule has 1 atom stereocenters. The number of amides is 3. The van der Waals surface area contributed by atoms with Gasteiger partial charge in [0.2, 0.25) is 11.9 Å². The van der Waals surface area contributed by atoms with Crippen molar-refractivity contribution in [1.82, 2.24) is 19.6 Å². The molecule has 0 bridgehead atoms. The van der Waals surface area contributed by atoms with Gasteiger partial charge in [-0.3, -0.25) is 14.6 Å². The molecule has 1 unspecified atom stereocenters. The Balaban J connectivity index is 2.04. The third kappa shape index (κ3) is 3.18. The van der Waals surface area contributed by atoms with Crippen molar-refractivity contribution in [3.63, 3.8) is 0 Å². The standard InChI is InChI=1S/C18H25N6O3/c1-6-8-22-14-15(19-17(22)24-13(4)11-12(3)20-24)21(5)18(26)23(16(14)25)9-10-27-7-2/h6,11,14H,1,7-10H2,2-5H3/q+1. The Morgan fingerprint density at radius 2 is 2.11 bits per heavy atom. The van der Waals surface area contributed by atoms with Crippen molar-refractivity contribution in [3.8, 4) is 0 Å². The largest absolute Gasteiger partial charge is 0.421 e. The van der Waals surface area contributed by atoms with Crippen LogP contribution in [-0.4, -0.2) is 87.3 Å². The summed E-state index contributed by atoms with van der Waals surface area (Å²) in [7, 11) is 1.63. The molecule has 9 heteroatoms. The van der Waals surface area contributed by atoms with E-state index in [9.17, 15) is 9.59 Å². The number of ether oxygens (including phenoxy) is 1. The second kappa shape index (κ2) is 7.43. The van der Waals surface area contributed by atoms with E-state index in [2.05, 4.69) is 16.7 Å².